The lowest BCUT2D eigenvalue weighted by atomic mass is 9.63. The number of nitrogens with zero attached hydrogens (tertiary/aromatic N) is 3. The number of hydrogen-bond acceptors (Lipinski definition) is 9. The highest BCUT2D eigenvalue weighted by atomic mass is 35.5. The molecule has 2 aromatic rings. The summed E-state index contributed by atoms with van der Waals surface area (Å²) in [7, 11) is 1.79. The van der Waals surface area contributed by atoms with Crippen molar-refractivity contribution in [1.82, 2.24) is 14.5 Å². The number of aryl methyl sites for hydroxylation is 1. The number of methoxy groups -OCH3 is 2. The molecule has 1 amide bonds. The molecule has 6 atom stereocenters. The summed E-state index contributed by atoms with van der Waals surface area (Å²) >= 11 is 6.50. The quantitative estimate of drug-likeness (QED) is 0.365. The number of amides is 1. The minimum absolute atomic E-state index is 0.223. The van der Waals surface area contributed by atoms with Crippen molar-refractivity contribution in [3.8, 4) is 5.75 Å². The molecular formula is C41H57ClN4O6S. The largest absolute Gasteiger partial charge is 0.490 e. The number of nitrogens with one attached hydrogen (secondary N) is 1. The van der Waals surface area contributed by atoms with Gasteiger partial charge in [-0.1, -0.05) is 36.7 Å². The van der Waals surface area contributed by atoms with Gasteiger partial charge in [-0.05, 0) is 112 Å². The van der Waals surface area contributed by atoms with Crippen LogP contribution in [0.15, 0.2) is 48.6 Å². The molecular weight excluding hydrogens is 712 g/mol. The maximum atomic E-state index is 13.6. The number of halogens is 1. The lowest BCUT2D eigenvalue weighted by Crippen LogP contribution is -2.64. The maximum Gasteiger partial charge on any atom is 0.264 e. The molecule has 2 aliphatic carbocycles. The summed E-state index contributed by atoms with van der Waals surface area (Å²) in [6, 6.07) is 12.1. The zero-order chi connectivity index (χ0) is 37.5. The number of hydrogen-bond donors (Lipinski definition) is 1. The Morgan fingerprint density at radius 2 is 1.91 bits per heavy atom. The normalized spacial score (nSPS) is 32.4. The second-order valence-electron chi connectivity index (χ2n) is 16.5. The smallest absolute Gasteiger partial charge is 0.264 e. The van der Waals surface area contributed by atoms with E-state index in [9.17, 15) is 13.2 Å². The van der Waals surface area contributed by atoms with Gasteiger partial charge < -0.3 is 19.1 Å². The van der Waals surface area contributed by atoms with E-state index in [1.165, 1.54) is 11.1 Å². The van der Waals surface area contributed by atoms with E-state index in [1.54, 1.807) is 20.1 Å². The van der Waals surface area contributed by atoms with Crippen LogP contribution in [0.4, 0.5) is 5.69 Å². The standard InChI is InChI=1S/C41H57ClN4O6S/c1-28-8-6-17-41(51-5,26-45-23-34(24-45)44(3)18-19-50-4)36-13-10-32(36)22-46-25-40(16-7-9-30-20-33(42)12-14-35(30)40)27-52-38-15-11-31(21-37(38)46)39(47)43-53(48,49)29(28)2/h6,11-12,14-15,17,20-21,28-29,32,34,36H,7-10,13,16,18-19,22-27H2,1-5H3,(H,43,47)/b17-6+/t28-,29+,32-,36+,40-,41+/m0/s1. The number of carbonyl (C=O) groups excluding carboxylic acids is 1. The fourth-order valence-corrected chi connectivity index (χ4v) is 11.0. The van der Waals surface area contributed by atoms with Gasteiger partial charge in [-0.15, -0.1) is 0 Å². The third-order valence-corrected chi connectivity index (χ3v) is 15.4. The van der Waals surface area contributed by atoms with Gasteiger partial charge in [0.15, 0.2) is 0 Å². The molecule has 3 aliphatic heterocycles. The van der Waals surface area contributed by atoms with Crippen LogP contribution in [0.1, 0.15) is 67.4 Å². The number of fused-ring (bicyclic) bond motifs is 4. The predicted molar refractivity (Wildman–Crippen MR) is 210 cm³/mol. The molecule has 2 aromatic carbocycles. The minimum Gasteiger partial charge on any atom is -0.490 e. The van der Waals surface area contributed by atoms with E-state index in [4.69, 9.17) is 25.8 Å². The highest BCUT2D eigenvalue weighted by Crippen LogP contribution is 2.49. The second-order valence-corrected chi connectivity index (χ2v) is 19.0. The summed E-state index contributed by atoms with van der Waals surface area (Å²) < 4.78 is 48.3. The summed E-state index contributed by atoms with van der Waals surface area (Å²) in [5, 5.41) is -0.0362. The zero-order valence-corrected chi connectivity index (χ0v) is 33.6. The molecule has 2 bridgehead atoms. The van der Waals surface area contributed by atoms with Gasteiger partial charge in [0.25, 0.3) is 5.91 Å². The first-order valence-electron chi connectivity index (χ1n) is 19.4. The molecule has 7 rings (SSSR count). The SMILES string of the molecule is COCCN(C)C1CN(C[C@]2(OC)/C=C/C[C@H](C)[C@@H](C)S(=O)(=O)NC(=O)c3ccc4c(c3)N(C[C@@H]3CC[C@H]32)C[C@@]2(CCCc3cc(Cl)ccc32)CO4)C1. The summed E-state index contributed by atoms with van der Waals surface area (Å²) in [5.41, 5.74) is 2.88. The Morgan fingerprint density at radius 1 is 1.09 bits per heavy atom. The lowest BCUT2D eigenvalue weighted by molar-refractivity contribution is -0.108. The molecule has 0 unspecified atom stereocenters. The fraction of sp³-hybridized carbons (Fsp3) is 0.634. The van der Waals surface area contributed by atoms with Gasteiger partial charge in [-0.3, -0.25) is 14.6 Å². The summed E-state index contributed by atoms with van der Waals surface area (Å²) in [6.07, 6.45) is 10.0. The Kier molecular flexibility index (Phi) is 11.3. The molecule has 1 saturated heterocycles. The van der Waals surface area contributed by atoms with Gasteiger partial charge in [-0.2, -0.15) is 0 Å². The Morgan fingerprint density at radius 3 is 2.64 bits per heavy atom. The average Bonchev–Trinajstić information content (AvgIpc) is 3.25. The van der Waals surface area contributed by atoms with Crippen LogP contribution < -0.4 is 14.4 Å². The second kappa shape index (κ2) is 15.5. The number of allylic oxidation sites excluding steroid dienone is 1. The van der Waals surface area contributed by atoms with E-state index in [0.717, 1.165) is 75.5 Å². The first-order valence-corrected chi connectivity index (χ1v) is 21.3. The molecule has 2 fully saturated rings. The number of sulfonamides is 1. The first kappa shape index (κ1) is 38.6. The van der Waals surface area contributed by atoms with E-state index in [-0.39, 0.29) is 17.3 Å². The molecule has 10 nitrogen and oxygen atoms in total. The van der Waals surface area contributed by atoms with Crippen molar-refractivity contribution in [3.05, 3.63) is 70.3 Å². The number of anilines is 1. The Bertz CT molecular complexity index is 1800. The molecule has 1 N–H and O–H groups in total. The average molecular weight is 769 g/mol. The number of rotatable bonds is 7. The van der Waals surface area contributed by atoms with E-state index in [0.29, 0.717) is 49.5 Å². The van der Waals surface area contributed by atoms with Crippen LogP contribution in [0, 0.1) is 17.8 Å². The molecule has 1 spiro atoms. The molecule has 5 aliphatic rings. The van der Waals surface area contributed by atoms with Gasteiger partial charge >= 0.3 is 0 Å². The van der Waals surface area contributed by atoms with Gasteiger partial charge in [0, 0.05) is 75.5 Å². The van der Waals surface area contributed by atoms with Crippen LogP contribution in [-0.2, 0) is 31.3 Å². The highest BCUT2D eigenvalue weighted by molar-refractivity contribution is 7.90. The molecule has 290 valence electrons. The Balaban J connectivity index is 1.26. The number of likely N-dealkylation sites (N-methyl/N-ethyl adjacent to an activating group) is 1. The number of likely N-dealkylation sites (tertiary alicyclic amines) is 1. The summed E-state index contributed by atoms with van der Waals surface area (Å²) in [6.45, 7) is 9.93. The Hall–Kier alpha value is -2.67. The van der Waals surface area contributed by atoms with Crippen molar-refractivity contribution >= 4 is 33.2 Å². The fourth-order valence-electron chi connectivity index (χ4n) is 9.53. The maximum absolute atomic E-state index is 13.6. The van der Waals surface area contributed by atoms with Gasteiger partial charge in [0.05, 0.1) is 24.2 Å². The topological polar surface area (TPSA) is 101 Å². The Labute approximate surface area is 321 Å². The summed E-state index contributed by atoms with van der Waals surface area (Å²) in [5.74, 6) is 0.458. The minimum atomic E-state index is -3.96. The monoisotopic (exact) mass is 768 g/mol. The van der Waals surface area contributed by atoms with Crippen LogP contribution in [0.2, 0.25) is 5.02 Å². The van der Waals surface area contributed by atoms with E-state index in [2.05, 4.69) is 50.8 Å². The lowest BCUT2D eigenvalue weighted by Gasteiger charge is -2.54. The van der Waals surface area contributed by atoms with Crippen molar-refractivity contribution in [3.63, 3.8) is 0 Å². The van der Waals surface area contributed by atoms with Crippen LogP contribution in [0.3, 0.4) is 0 Å². The predicted octanol–water partition coefficient (Wildman–Crippen LogP) is 5.53. The van der Waals surface area contributed by atoms with Crippen LogP contribution in [-0.4, -0.2) is 115 Å². The van der Waals surface area contributed by atoms with Crippen molar-refractivity contribution in [1.29, 1.82) is 0 Å². The summed E-state index contributed by atoms with van der Waals surface area (Å²) in [4.78, 5) is 20.9. The van der Waals surface area contributed by atoms with Crippen molar-refractivity contribution < 1.29 is 27.4 Å². The third-order valence-electron chi connectivity index (χ3n) is 13.3. The molecule has 3 heterocycles. The molecule has 53 heavy (non-hydrogen) atoms. The van der Waals surface area contributed by atoms with Crippen molar-refractivity contribution in [2.45, 2.75) is 74.7 Å². The van der Waals surface area contributed by atoms with Gasteiger partial charge in [0.1, 0.15) is 11.4 Å². The molecule has 0 aromatic heterocycles. The highest BCUT2D eigenvalue weighted by Gasteiger charge is 2.51. The van der Waals surface area contributed by atoms with E-state index < -0.39 is 26.8 Å². The van der Waals surface area contributed by atoms with Crippen molar-refractivity contribution in [2.24, 2.45) is 17.8 Å². The number of carbonyl (C=O) groups is 1. The van der Waals surface area contributed by atoms with E-state index >= 15 is 0 Å². The first-order chi connectivity index (χ1) is 25.4. The van der Waals surface area contributed by atoms with Crippen LogP contribution in [0.5, 0.6) is 5.75 Å². The van der Waals surface area contributed by atoms with Crippen molar-refractivity contribution in [2.75, 3.05) is 78.6 Å². The molecule has 1 saturated carbocycles. The zero-order valence-electron chi connectivity index (χ0n) is 32.0. The number of ether oxygens (including phenoxy) is 3. The molecule has 0 radical (unpaired) electrons. The van der Waals surface area contributed by atoms with Gasteiger partial charge in [0.2, 0.25) is 10.0 Å². The van der Waals surface area contributed by atoms with E-state index in [1.807, 2.05) is 32.2 Å². The molecule has 12 heteroatoms. The van der Waals surface area contributed by atoms with Gasteiger partial charge in [-0.25, -0.2) is 13.1 Å². The van der Waals surface area contributed by atoms with Crippen LogP contribution >= 0.6 is 11.6 Å². The third kappa shape index (κ3) is 7.63. The van der Waals surface area contributed by atoms with Crippen LogP contribution in [0.25, 0.3) is 0 Å². The number of benzene rings is 2.